The predicted octanol–water partition coefficient (Wildman–Crippen LogP) is 4.81. The molecule has 0 heterocycles. The molecule has 0 aromatic heterocycles. The standard InChI is InChI=1S/C28H34N2O4/c1-5-25(28(32)29-17-20(2)3)30(18-21-10-8-13-23(16-21)33-4)27(31)19-34-26-15-9-12-22-11-6-7-14-24(22)26/h6-16,20,25H,5,17-19H2,1-4H3,(H,29,32)/t25-/m0/s1. The minimum atomic E-state index is -0.603. The van der Waals surface area contributed by atoms with E-state index in [0.717, 1.165) is 16.3 Å². The third-order valence-corrected chi connectivity index (χ3v) is 5.66. The summed E-state index contributed by atoms with van der Waals surface area (Å²) in [5, 5.41) is 4.96. The number of methoxy groups -OCH3 is 1. The maximum Gasteiger partial charge on any atom is 0.261 e. The summed E-state index contributed by atoms with van der Waals surface area (Å²) in [4.78, 5) is 28.1. The minimum absolute atomic E-state index is 0.155. The highest BCUT2D eigenvalue weighted by molar-refractivity contribution is 5.90. The van der Waals surface area contributed by atoms with Gasteiger partial charge in [0.25, 0.3) is 5.91 Å². The quantitative estimate of drug-likeness (QED) is 0.444. The van der Waals surface area contributed by atoms with Crippen molar-refractivity contribution >= 4 is 22.6 Å². The second-order valence-electron chi connectivity index (χ2n) is 8.70. The van der Waals surface area contributed by atoms with E-state index in [-0.39, 0.29) is 25.0 Å². The smallest absolute Gasteiger partial charge is 0.261 e. The molecule has 0 unspecified atom stereocenters. The number of nitrogens with zero attached hydrogens (tertiary/aromatic N) is 1. The summed E-state index contributed by atoms with van der Waals surface area (Å²) in [5.74, 6) is 1.26. The van der Waals surface area contributed by atoms with Gasteiger partial charge in [-0.1, -0.05) is 69.3 Å². The molecule has 180 valence electrons. The first-order valence-corrected chi connectivity index (χ1v) is 11.7. The van der Waals surface area contributed by atoms with Crippen LogP contribution in [0.3, 0.4) is 0 Å². The van der Waals surface area contributed by atoms with Gasteiger partial charge >= 0.3 is 0 Å². The zero-order valence-corrected chi connectivity index (χ0v) is 20.4. The Balaban J connectivity index is 1.83. The van der Waals surface area contributed by atoms with Crippen LogP contribution in [0.5, 0.6) is 11.5 Å². The van der Waals surface area contributed by atoms with Gasteiger partial charge in [-0.05, 0) is 41.5 Å². The van der Waals surface area contributed by atoms with Crippen molar-refractivity contribution in [2.24, 2.45) is 5.92 Å². The van der Waals surface area contributed by atoms with Gasteiger partial charge in [0.15, 0.2) is 6.61 Å². The number of amides is 2. The molecule has 0 spiro atoms. The molecule has 1 atom stereocenters. The number of rotatable bonds is 11. The summed E-state index contributed by atoms with van der Waals surface area (Å²) in [6, 6.07) is 20.6. The molecule has 3 rings (SSSR count). The summed E-state index contributed by atoms with van der Waals surface area (Å²) in [5.41, 5.74) is 0.882. The molecular weight excluding hydrogens is 428 g/mol. The van der Waals surface area contributed by atoms with E-state index in [4.69, 9.17) is 9.47 Å². The summed E-state index contributed by atoms with van der Waals surface area (Å²) in [7, 11) is 1.61. The van der Waals surface area contributed by atoms with Gasteiger partial charge in [0.05, 0.1) is 7.11 Å². The van der Waals surface area contributed by atoms with Crippen LogP contribution in [0.2, 0.25) is 0 Å². The van der Waals surface area contributed by atoms with Crippen molar-refractivity contribution in [1.29, 1.82) is 0 Å². The highest BCUT2D eigenvalue weighted by Gasteiger charge is 2.29. The normalized spacial score (nSPS) is 11.8. The van der Waals surface area contributed by atoms with Gasteiger partial charge in [-0.15, -0.1) is 0 Å². The predicted molar refractivity (Wildman–Crippen MR) is 135 cm³/mol. The molecule has 6 heteroatoms. The van der Waals surface area contributed by atoms with Crippen LogP contribution >= 0.6 is 0 Å². The molecule has 2 amide bonds. The molecule has 0 saturated heterocycles. The van der Waals surface area contributed by atoms with E-state index in [1.807, 2.05) is 87.5 Å². The molecule has 0 aliphatic carbocycles. The highest BCUT2D eigenvalue weighted by Crippen LogP contribution is 2.25. The van der Waals surface area contributed by atoms with E-state index in [9.17, 15) is 9.59 Å². The second kappa shape index (κ2) is 12.1. The van der Waals surface area contributed by atoms with Crippen molar-refractivity contribution in [3.8, 4) is 11.5 Å². The zero-order chi connectivity index (χ0) is 24.5. The minimum Gasteiger partial charge on any atom is -0.497 e. The van der Waals surface area contributed by atoms with E-state index >= 15 is 0 Å². The Morgan fingerprint density at radius 1 is 1.00 bits per heavy atom. The number of carbonyl (C=O) groups excluding carboxylic acids is 2. The van der Waals surface area contributed by atoms with E-state index in [0.29, 0.717) is 30.4 Å². The lowest BCUT2D eigenvalue weighted by atomic mass is 10.1. The first-order chi connectivity index (χ1) is 16.4. The van der Waals surface area contributed by atoms with Crippen LogP contribution in [-0.2, 0) is 16.1 Å². The van der Waals surface area contributed by atoms with Crippen LogP contribution in [0.1, 0.15) is 32.8 Å². The molecule has 0 saturated carbocycles. The van der Waals surface area contributed by atoms with Crippen molar-refractivity contribution < 1.29 is 19.1 Å². The van der Waals surface area contributed by atoms with Crippen molar-refractivity contribution in [3.63, 3.8) is 0 Å². The largest absolute Gasteiger partial charge is 0.497 e. The van der Waals surface area contributed by atoms with Crippen LogP contribution in [-0.4, -0.2) is 43.0 Å². The summed E-state index contributed by atoms with van der Waals surface area (Å²) >= 11 is 0. The third kappa shape index (κ3) is 6.50. The van der Waals surface area contributed by atoms with E-state index in [1.54, 1.807) is 12.0 Å². The van der Waals surface area contributed by atoms with Gasteiger partial charge < -0.3 is 19.7 Å². The van der Waals surface area contributed by atoms with Crippen LogP contribution in [0.4, 0.5) is 0 Å². The molecule has 6 nitrogen and oxygen atoms in total. The Hall–Kier alpha value is -3.54. The van der Waals surface area contributed by atoms with Crippen LogP contribution in [0.15, 0.2) is 66.7 Å². The van der Waals surface area contributed by atoms with Crippen molar-refractivity contribution in [1.82, 2.24) is 10.2 Å². The molecule has 0 fully saturated rings. The van der Waals surface area contributed by atoms with Gasteiger partial charge in [0, 0.05) is 18.5 Å². The van der Waals surface area contributed by atoms with Gasteiger partial charge in [-0.2, -0.15) is 0 Å². The van der Waals surface area contributed by atoms with Gasteiger partial charge in [0.2, 0.25) is 5.91 Å². The molecule has 0 aliphatic heterocycles. The number of hydrogen-bond donors (Lipinski definition) is 1. The van der Waals surface area contributed by atoms with E-state index in [2.05, 4.69) is 5.32 Å². The first kappa shape index (κ1) is 25.1. The number of hydrogen-bond acceptors (Lipinski definition) is 4. The Labute approximate surface area is 201 Å². The van der Waals surface area contributed by atoms with Gasteiger partial charge in [-0.25, -0.2) is 0 Å². The monoisotopic (exact) mass is 462 g/mol. The molecule has 34 heavy (non-hydrogen) atoms. The van der Waals surface area contributed by atoms with Crippen LogP contribution in [0.25, 0.3) is 10.8 Å². The Morgan fingerprint density at radius 2 is 1.74 bits per heavy atom. The topological polar surface area (TPSA) is 67.9 Å². The summed E-state index contributed by atoms with van der Waals surface area (Å²) < 4.78 is 11.3. The third-order valence-electron chi connectivity index (χ3n) is 5.66. The van der Waals surface area contributed by atoms with Gasteiger partial charge in [0.1, 0.15) is 17.5 Å². The van der Waals surface area contributed by atoms with Crippen molar-refractivity contribution in [3.05, 3.63) is 72.3 Å². The van der Waals surface area contributed by atoms with Crippen molar-refractivity contribution in [2.75, 3.05) is 20.3 Å². The fourth-order valence-electron chi connectivity index (χ4n) is 3.85. The molecule has 0 radical (unpaired) electrons. The lowest BCUT2D eigenvalue weighted by Crippen LogP contribution is -2.50. The second-order valence-corrected chi connectivity index (χ2v) is 8.70. The fourth-order valence-corrected chi connectivity index (χ4v) is 3.85. The maximum absolute atomic E-state index is 13.4. The summed E-state index contributed by atoms with van der Waals surface area (Å²) in [6.45, 7) is 6.67. The maximum atomic E-state index is 13.4. The van der Waals surface area contributed by atoms with Gasteiger partial charge in [-0.3, -0.25) is 9.59 Å². The molecular formula is C28H34N2O4. The number of ether oxygens (including phenoxy) is 2. The average molecular weight is 463 g/mol. The summed E-state index contributed by atoms with van der Waals surface area (Å²) in [6.07, 6.45) is 0.494. The molecule has 1 N–H and O–H groups in total. The average Bonchev–Trinajstić information content (AvgIpc) is 2.85. The number of nitrogens with one attached hydrogen (secondary N) is 1. The SMILES string of the molecule is CC[C@@H](C(=O)NCC(C)C)N(Cc1cccc(OC)c1)C(=O)COc1cccc2ccccc12. The van der Waals surface area contributed by atoms with Crippen LogP contribution in [0, 0.1) is 5.92 Å². The Bertz CT molecular complexity index is 1110. The molecule has 3 aromatic rings. The number of fused-ring (bicyclic) bond motifs is 1. The Morgan fingerprint density at radius 3 is 2.47 bits per heavy atom. The number of carbonyl (C=O) groups is 2. The van der Waals surface area contributed by atoms with Crippen LogP contribution < -0.4 is 14.8 Å². The van der Waals surface area contributed by atoms with E-state index in [1.165, 1.54) is 0 Å². The lowest BCUT2D eigenvalue weighted by molar-refractivity contribution is -0.143. The highest BCUT2D eigenvalue weighted by atomic mass is 16.5. The lowest BCUT2D eigenvalue weighted by Gasteiger charge is -2.31. The zero-order valence-electron chi connectivity index (χ0n) is 20.4. The first-order valence-electron chi connectivity index (χ1n) is 11.7. The Kier molecular flexibility index (Phi) is 8.91. The molecule has 0 bridgehead atoms. The number of benzene rings is 3. The van der Waals surface area contributed by atoms with Crippen molar-refractivity contribution in [2.45, 2.75) is 39.8 Å². The molecule has 0 aliphatic rings. The fraction of sp³-hybridized carbons (Fsp3) is 0.357. The van der Waals surface area contributed by atoms with E-state index < -0.39 is 6.04 Å². The molecule has 3 aromatic carbocycles.